The highest BCUT2D eigenvalue weighted by Crippen LogP contribution is 2.06. The number of amides is 2. The molecule has 2 atom stereocenters. The number of carboxylic acid groups (broad SMARTS) is 2. The molecule has 1 aromatic rings. The monoisotopic (exact) mass is 285 g/mol. The van der Waals surface area contributed by atoms with Crippen LogP contribution in [-0.2, 0) is 16.6 Å². The van der Waals surface area contributed by atoms with Gasteiger partial charge in [0.05, 0.1) is 12.5 Å². The predicted molar refractivity (Wildman–Crippen MR) is 64.8 cm³/mol. The van der Waals surface area contributed by atoms with Gasteiger partial charge in [0, 0.05) is 7.05 Å². The van der Waals surface area contributed by atoms with Crippen LogP contribution in [0.4, 0.5) is 4.79 Å². The number of carbonyl (C=O) groups is 3. The Morgan fingerprint density at radius 1 is 1.35 bits per heavy atom. The van der Waals surface area contributed by atoms with Crippen molar-refractivity contribution in [1.29, 1.82) is 0 Å². The van der Waals surface area contributed by atoms with E-state index in [4.69, 9.17) is 10.2 Å². The Morgan fingerprint density at radius 3 is 2.45 bits per heavy atom. The zero-order valence-corrected chi connectivity index (χ0v) is 10.9. The molecule has 0 spiro atoms. The van der Waals surface area contributed by atoms with Crippen molar-refractivity contribution in [2.45, 2.75) is 25.4 Å². The van der Waals surface area contributed by atoms with Gasteiger partial charge in [-0.2, -0.15) is 0 Å². The number of urea groups is 1. The molecule has 0 radical (unpaired) electrons. The van der Waals surface area contributed by atoms with E-state index in [9.17, 15) is 14.4 Å². The molecule has 1 aromatic heterocycles. The van der Waals surface area contributed by atoms with Crippen molar-refractivity contribution < 1.29 is 24.6 Å². The lowest BCUT2D eigenvalue weighted by Gasteiger charge is -2.16. The molecule has 0 aromatic carbocycles. The number of hydrogen-bond donors (Lipinski definition) is 4. The Balaban J connectivity index is 2.60. The molecule has 0 aliphatic rings. The van der Waals surface area contributed by atoms with Gasteiger partial charge in [-0.15, -0.1) is 10.2 Å². The standard InChI is InChI=1S/C10H15N5O5/c1-5(8-14-11-4-15(8)2)12-10(20)13-6(9(18)19)3-7(16)17/h4-6H,3H2,1-2H3,(H,16,17)(H,18,19)(H2,12,13,20)/t5?,6-/m0/s1. The first-order chi connectivity index (χ1) is 9.31. The molecule has 1 rings (SSSR count). The first-order valence-electron chi connectivity index (χ1n) is 5.66. The summed E-state index contributed by atoms with van der Waals surface area (Å²) in [7, 11) is 1.69. The molecule has 0 saturated heterocycles. The summed E-state index contributed by atoms with van der Waals surface area (Å²) in [6.45, 7) is 1.64. The van der Waals surface area contributed by atoms with Crippen LogP contribution in [0.25, 0.3) is 0 Å². The van der Waals surface area contributed by atoms with Crippen LogP contribution in [0.3, 0.4) is 0 Å². The zero-order chi connectivity index (χ0) is 15.3. The van der Waals surface area contributed by atoms with Crippen molar-refractivity contribution in [3.05, 3.63) is 12.2 Å². The van der Waals surface area contributed by atoms with E-state index in [1.54, 1.807) is 18.5 Å². The van der Waals surface area contributed by atoms with Crippen LogP contribution in [0.5, 0.6) is 0 Å². The second kappa shape index (κ2) is 6.50. The van der Waals surface area contributed by atoms with Crippen molar-refractivity contribution in [3.63, 3.8) is 0 Å². The molecule has 10 heteroatoms. The number of carbonyl (C=O) groups excluding carboxylic acids is 1. The second-order valence-corrected chi connectivity index (χ2v) is 4.13. The number of aliphatic carboxylic acids is 2. The number of aryl methyl sites for hydroxylation is 1. The summed E-state index contributed by atoms with van der Waals surface area (Å²) < 4.78 is 1.59. The summed E-state index contributed by atoms with van der Waals surface area (Å²) in [6, 6.07) is -2.81. The van der Waals surface area contributed by atoms with Crippen molar-refractivity contribution in [1.82, 2.24) is 25.4 Å². The van der Waals surface area contributed by atoms with E-state index < -0.39 is 36.5 Å². The molecule has 0 aliphatic carbocycles. The van der Waals surface area contributed by atoms with Gasteiger partial charge in [-0.3, -0.25) is 4.79 Å². The summed E-state index contributed by atoms with van der Waals surface area (Å²) >= 11 is 0. The smallest absolute Gasteiger partial charge is 0.326 e. The normalized spacial score (nSPS) is 13.3. The number of aromatic nitrogens is 3. The molecule has 0 fully saturated rings. The van der Waals surface area contributed by atoms with Gasteiger partial charge in [0.1, 0.15) is 12.4 Å². The zero-order valence-electron chi connectivity index (χ0n) is 10.9. The first kappa shape index (κ1) is 15.4. The average molecular weight is 285 g/mol. The van der Waals surface area contributed by atoms with Gasteiger partial charge in [0.15, 0.2) is 5.82 Å². The Labute approximate surface area is 113 Å². The Kier molecular flexibility index (Phi) is 5.01. The molecule has 2 amide bonds. The van der Waals surface area contributed by atoms with Crippen molar-refractivity contribution in [2.75, 3.05) is 0 Å². The molecule has 110 valence electrons. The topological polar surface area (TPSA) is 146 Å². The minimum absolute atomic E-state index is 0.477. The van der Waals surface area contributed by atoms with Crippen molar-refractivity contribution in [3.8, 4) is 0 Å². The Bertz CT molecular complexity index is 514. The Morgan fingerprint density at radius 2 is 2.00 bits per heavy atom. The van der Waals surface area contributed by atoms with E-state index >= 15 is 0 Å². The third kappa shape index (κ3) is 4.23. The summed E-state index contributed by atoms with van der Waals surface area (Å²) in [5.41, 5.74) is 0. The lowest BCUT2D eigenvalue weighted by Crippen LogP contribution is -2.47. The maximum Gasteiger partial charge on any atom is 0.326 e. The molecular weight excluding hydrogens is 270 g/mol. The quantitative estimate of drug-likeness (QED) is 0.529. The maximum absolute atomic E-state index is 11.6. The summed E-state index contributed by atoms with van der Waals surface area (Å²) in [6.07, 6.45) is 0.747. The minimum Gasteiger partial charge on any atom is -0.481 e. The van der Waals surface area contributed by atoms with Crippen LogP contribution in [0.1, 0.15) is 25.2 Å². The molecular formula is C10H15N5O5. The third-order valence-corrected chi connectivity index (χ3v) is 2.46. The van der Waals surface area contributed by atoms with Crippen LogP contribution in [0.2, 0.25) is 0 Å². The van der Waals surface area contributed by atoms with Gasteiger partial charge in [-0.25, -0.2) is 9.59 Å². The minimum atomic E-state index is -1.50. The molecule has 20 heavy (non-hydrogen) atoms. The van der Waals surface area contributed by atoms with Crippen molar-refractivity contribution in [2.24, 2.45) is 7.05 Å². The number of nitrogens with one attached hydrogen (secondary N) is 2. The van der Waals surface area contributed by atoms with E-state index in [0.717, 1.165) is 0 Å². The van der Waals surface area contributed by atoms with Gasteiger partial charge in [-0.1, -0.05) is 0 Å². The fourth-order valence-electron chi connectivity index (χ4n) is 1.52. The van der Waals surface area contributed by atoms with E-state index in [1.165, 1.54) is 6.33 Å². The molecule has 0 bridgehead atoms. The molecule has 1 heterocycles. The van der Waals surface area contributed by atoms with Crippen molar-refractivity contribution >= 4 is 18.0 Å². The highest BCUT2D eigenvalue weighted by Gasteiger charge is 2.24. The number of carboxylic acids is 2. The highest BCUT2D eigenvalue weighted by molar-refractivity contribution is 5.86. The average Bonchev–Trinajstić information content (AvgIpc) is 2.73. The van der Waals surface area contributed by atoms with E-state index in [1.807, 2.05) is 0 Å². The maximum atomic E-state index is 11.6. The van der Waals surface area contributed by atoms with Crippen LogP contribution in [0, 0.1) is 0 Å². The van der Waals surface area contributed by atoms with Crippen LogP contribution >= 0.6 is 0 Å². The molecule has 10 nitrogen and oxygen atoms in total. The fourth-order valence-corrected chi connectivity index (χ4v) is 1.52. The first-order valence-corrected chi connectivity index (χ1v) is 5.66. The highest BCUT2D eigenvalue weighted by atomic mass is 16.4. The van der Waals surface area contributed by atoms with E-state index in [0.29, 0.717) is 5.82 Å². The van der Waals surface area contributed by atoms with Crippen LogP contribution in [-0.4, -0.2) is 49.0 Å². The van der Waals surface area contributed by atoms with E-state index in [-0.39, 0.29) is 0 Å². The second-order valence-electron chi connectivity index (χ2n) is 4.13. The van der Waals surface area contributed by atoms with Gasteiger partial charge < -0.3 is 25.4 Å². The summed E-state index contributed by atoms with van der Waals surface area (Å²) in [5, 5.41) is 29.3. The molecule has 1 unspecified atom stereocenters. The SMILES string of the molecule is CC(NC(=O)N[C@@H](CC(=O)O)C(=O)O)c1nncn1C. The molecule has 4 N–H and O–H groups in total. The Hall–Kier alpha value is -2.65. The van der Waals surface area contributed by atoms with Crippen LogP contribution < -0.4 is 10.6 Å². The number of rotatable bonds is 6. The largest absolute Gasteiger partial charge is 0.481 e. The molecule has 0 saturated carbocycles. The van der Waals surface area contributed by atoms with E-state index in [2.05, 4.69) is 20.8 Å². The predicted octanol–water partition coefficient (Wildman–Crippen LogP) is -0.897. The fraction of sp³-hybridized carbons (Fsp3) is 0.500. The summed E-state index contributed by atoms with van der Waals surface area (Å²) in [4.78, 5) is 32.9. The van der Waals surface area contributed by atoms with Gasteiger partial charge in [0.2, 0.25) is 0 Å². The summed E-state index contributed by atoms with van der Waals surface area (Å²) in [5.74, 6) is -2.27. The van der Waals surface area contributed by atoms with Crippen LogP contribution in [0.15, 0.2) is 6.33 Å². The lowest BCUT2D eigenvalue weighted by molar-refractivity contribution is -0.145. The number of hydrogen-bond acceptors (Lipinski definition) is 5. The van der Waals surface area contributed by atoms with Gasteiger partial charge in [-0.05, 0) is 6.92 Å². The number of nitrogens with zero attached hydrogens (tertiary/aromatic N) is 3. The van der Waals surface area contributed by atoms with Gasteiger partial charge >= 0.3 is 18.0 Å². The van der Waals surface area contributed by atoms with Gasteiger partial charge in [0.25, 0.3) is 0 Å². The molecule has 0 aliphatic heterocycles. The lowest BCUT2D eigenvalue weighted by atomic mass is 10.2. The third-order valence-electron chi connectivity index (χ3n) is 2.46.